The number of aryl methyl sites for hydroxylation is 3. The summed E-state index contributed by atoms with van der Waals surface area (Å²) in [4.78, 5) is 13.5. The molecule has 1 aliphatic heterocycles. The van der Waals surface area contributed by atoms with Crippen LogP contribution in [0.15, 0.2) is 65.6 Å². The number of fused-ring (bicyclic) bond motifs is 2. The minimum absolute atomic E-state index is 0.115. The van der Waals surface area contributed by atoms with Gasteiger partial charge in [0.15, 0.2) is 6.10 Å². The van der Waals surface area contributed by atoms with Crippen LogP contribution in [0.2, 0.25) is 0 Å². The molecule has 0 aromatic heterocycles. The number of carbonyl (C=O) groups is 1. The zero-order valence-electron chi connectivity index (χ0n) is 21.4. The molecule has 0 saturated carbocycles. The second kappa shape index (κ2) is 10.1. The fraction of sp³-hybridized carbons (Fsp3) is 0.345. The van der Waals surface area contributed by atoms with Gasteiger partial charge in [0.2, 0.25) is 0 Å². The van der Waals surface area contributed by atoms with Crippen LogP contribution in [0.5, 0.6) is 11.5 Å². The minimum Gasteiger partial charge on any atom is -0.497 e. The Hall–Kier alpha value is -3.52. The van der Waals surface area contributed by atoms with Crippen LogP contribution in [0.4, 0.5) is 5.69 Å². The highest BCUT2D eigenvalue weighted by molar-refractivity contribution is 7.92. The first-order valence-electron chi connectivity index (χ1n) is 12.6. The maximum absolute atomic E-state index is 13.7. The van der Waals surface area contributed by atoms with Crippen molar-refractivity contribution in [2.45, 2.75) is 56.6 Å². The number of nitrogens with zero attached hydrogens (tertiary/aromatic N) is 1. The van der Waals surface area contributed by atoms with Crippen molar-refractivity contribution >= 4 is 21.6 Å². The van der Waals surface area contributed by atoms with Crippen molar-refractivity contribution < 1.29 is 22.7 Å². The van der Waals surface area contributed by atoms with Gasteiger partial charge in [-0.15, -0.1) is 0 Å². The molecule has 1 aliphatic carbocycles. The highest BCUT2D eigenvalue weighted by Gasteiger charge is 2.38. The number of ether oxygens (including phenoxy) is 2. The lowest BCUT2D eigenvalue weighted by Gasteiger charge is -2.35. The molecule has 1 N–H and O–H groups in total. The van der Waals surface area contributed by atoms with Crippen LogP contribution >= 0.6 is 0 Å². The fourth-order valence-electron chi connectivity index (χ4n) is 5.01. The number of amides is 1. The van der Waals surface area contributed by atoms with Crippen molar-refractivity contribution in [2.24, 2.45) is 0 Å². The van der Waals surface area contributed by atoms with Crippen LogP contribution < -0.4 is 19.1 Å². The van der Waals surface area contributed by atoms with Crippen molar-refractivity contribution in [2.75, 3.05) is 18.0 Å². The van der Waals surface area contributed by atoms with E-state index >= 15 is 0 Å². The largest absolute Gasteiger partial charge is 0.497 e. The Balaban J connectivity index is 1.40. The molecule has 0 spiro atoms. The van der Waals surface area contributed by atoms with Crippen LogP contribution in [-0.4, -0.2) is 34.1 Å². The highest BCUT2D eigenvalue weighted by Crippen LogP contribution is 2.38. The Kier molecular flexibility index (Phi) is 6.86. The van der Waals surface area contributed by atoms with Gasteiger partial charge in [-0.2, -0.15) is 0 Å². The summed E-state index contributed by atoms with van der Waals surface area (Å²) in [7, 11) is -2.43. The Morgan fingerprint density at radius 3 is 2.49 bits per heavy atom. The van der Waals surface area contributed by atoms with E-state index in [1.165, 1.54) is 47.5 Å². The van der Waals surface area contributed by atoms with Crippen LogP contribution in [-0.2, 0) is 27.7 Å². The Morgan fingerprint density at radius 2 is 1.76 bits per heavy atom. The average Bonchev–Trinajstić information content (AvgIpc) is 2.92. The number of methoxy groups -OCH3 is 1. The van der Waals surface area contributed by atoms with Crippen LogP contribution in [0.3, 0.4) is 0 Å². The summed E-state index contributed by atoms with van der Waals surface area (Å²) < 4.78 is 39.9. The zero-order valence-corrected chi connectivity index (χ0v) is 22.2. The molecule has 2 atom stereocenters. The monoisotopic (exact) mass is 520 g/mol. The average molecular weight is 521 g/mol. The standard InChI is InChI=1S/C29H32N2O5S/c1-19-8-15-27-26(16-19)31(37(33,34)25-13-11-24(35-3)12-14-25)18-28(36-27)29(32)30-20(2)22-10-9-21-6-4-5-7-23(21)17-22/h8-17,20,28H,4-7,18H2,1-3H3,(H,30,32)/t20-,28-/m1/s1. The third kappa shape index (κ3) is 5.03. The first-order chi connectivity index (χ1) is 17.8. The van der Waals surface area contributed by atoms with Gasteiger partial charge < -0.3 is 14.8 Å². The molecule has 194 valence electrons. The molecule has 37 heavy (non-hydrogen) atoms. The lowest BCUT2D eigenvalue weighted by Crippen LogP contribution is -2.51. The first kappa shape index (κ1) is 25.1. The Morgan fingerprint density at radius 1 is 1.03 bits per heavy atom. The van der Waals surface area contributed by atoms with Gasteiger partial charge in [0.1, 0.15) is 11.5 Å². The summed E-state index contributed by atoms with van der Waals surface area (Å²) in [6.45, 7) is 3.69. The van der Waals surface area contributed by atoms with Gasteiger partial charge in [-0.05, 0) is 98.2 Å². The second-order valence-electron chi connectivity index (χ2n) is 9.75. The SMILES string of the molecule is COc1ccc(S(=O)(=O)N2C[C@H](C(=O)N[C@H](C)c3ccc4c(c3)CCCC4)Oc3ccc(C)cc32)cc1. The Bertz CT molecular complexity index is 1420. The lowest BCUT2D eigenvalue weighted by molar-refractivity contribution is -0.128. The van der Waals surface area contributed by atoms with E-state index in [1.54, 1.807) is 24.3 Å². The van der Waals surface area contributed by atoms with Crippen molar-refractivity contribution in [1.29, 1.82) is 0 Å². The van der Waals surface area contributed by atoms with E-state index in [4.69, 9.17) is 9.47 Å². The van der Waals surface area contributed by atoms with Crippen molar-refractivity contribution in [1.82, 2.24) is 5.32 Å². The molecule has 1 amide bonds. The quantitative estimate of drug-likeness (QED) is 0.509. The maximum Gasteiger partial charge on any atom is 0.264 e. The molecule has 0 unspecified atom stereocenters. The summed E-state index contributed by atoms with van der Waals surface area (Å²) >= 11 is 0. The van der Waals surface area contributed by atoms with Crippen LogP contribution in [0, 0.1) is 6.92 Å². The Labute approximate surface area is 218 Å². The lowest BCUT2D eigenvalue weighted by atomic mass is 9.89. The number of benzene rings is 3. The first-order valence-corrected chi connectivity index (χ1v) is 14.1. The number of hydrogen-bond acceptors (Lipinski definition) is 5. The third-order valence-electron chi connectivity index (χ3n) is 7.16. The maximum atomic E-state index is 13.7. The van der Waals surface area contributed by atoms with Crippen LogP contribution in [0.1, 0.15) is 48.1 Å². The van der Waals surface area contributed by atoms with E-state index < -0.39 is 16.1 Å². The molecule has 0 saturated heterocycles. The molecule has 3 aromatic rings. The van der Waals surface area contributed by atoms with Crippen molar-refractivity contribution in [3.05, 3.63) is 82.9 Å². The molecular weight excluding hydrogens is 488 g/mol. The molecule has 0 radical (unpaired) electrons. The van der Waals surface area contributed by atoms with E-state index in [0.717, 1.165) is 24.0 Å². The molecule has 3 aromatic carbocycles. The molecule has 7 nitrogen and oxygen atoms in total. The molecule has 0 fully saturated rings. The van der Waals surface area contributed by atoms with Crippen molar-refractivity contribution in [3.63, 3.8) is 0 Å². The molecule has 1 heterocycles. The molecule has 8 heteroatoms. The van der Waals surface area contributed by atoms with E-state index in [1.807, 2.05) is 19.9 Å². The van der Waals surface area contributed by atoms with Gasteiger partial charge >= 0.3 is 0 Å². The van der Waals surface area contributed by atoms with Gasteiger partial charge in [-0.25, -0.2) is 8.42 Å². The van der Waals surface area contributed by atoms with Gasteiger partial charge in [0, 0.05) is 0 Å². The van der Waals surface area contributed by atoms with Crippen LogP contribution in [0.25, 0.3) is 0 Å². The topological polar surface area (TPSA) is 84.9 Å². The molecule has 5 rings (SSSR count). The van der Waals surface area contributed by atoms with Gasteiger partial charge in [-0.3, -0.25) is 9.10 Å². The number of rotatable bonds is 6. The smallest absolute Gasteiger partial charge is 0.264 e. The van der Waals surface area contributed by atoms with Crippen molar-refractivity contribution in [3.8, 4) is 11.5 Å². The normalized spacial score (nSPS) is 17.7. The fourth-order valence-corrected chi connectivity index (χ4v) is 6.48. The summed E-state index contributed by atoms with van der Waals surface area (Å²) in [6, 6.07) is 17.7. The molecular formula is C29H32N2O5S. The van der Waals surface area contributed by atoms with E-state index in [0.29, 0.717) is 17.2 Å². The summed E-state index contributed by atoms with van der Waals surface area (Å²) in [6.07, 6.45) is 3.57. The number of hydrogen-bond donors (Lipinski definition) is 1. The van der Waals surface area contributed by atoms with Gasteiger partial charge in [-0.1, -0.05) is 24.3 Å². The third-order valence-corrected chi connectivity index (χ3v) is 8.95. The minimum atomic E-state index is -3.96. The number of nitrogens with one attached hydrogen (secondary N) is 1. The number of anilines is 1. The zero-order chi connectivity index (χ0) is 26.2. The number of sulfonamides is 1. The summed E-state index contributed by atoms with van der Waals surface area (Å²) in [5, 5.41) is 3.04. The molecule has 0 bridgehead atoms. The van der Waals surface area contributed by atoms with Gasteiger partial charge in [0.25, 0.3) is 15.9 Å². The van der Waals surface area contributed by atoms with E-state index in [-0.39, 0.29) is 23.4 Å². The summed E-state index contributed by atoms with van der Waals surface area (Å²) in [5.74, 6) is 0.562. The van der Waals surface area contributed by atoms with Gasteiger partial charge in [0.05, 0.1) is 30.3 Å². The predicted octanol–water partition coefficient (Wildman–Crippen LogP) is 4.72. The second-order valence-corrected chi connectivity index (χ2v) is 11.6. The molecule has 2 aliphatic rings. The summed E-state index contributed by atoms with van der Waals surface area (Å²) in [5.41, 5.74) is 5.07. The van der Waals surface area contributed by atoms with E-state index in [9.17, 15) is 13.2 Å². The predicted molar refractivity (Wildman–Crippen MR) is 143 cm³/mol. The number of carbonyl (C=O) groups excluding carboxylic acids is 1. The van der Waals surface area contributed by atoms with E-state index in [2.05, 4.69) is 23.5 Å². The highest BCUT2D eigenvalue weighted by atomic mass is 32.2.